The molecule has 0 radical (unpaired) electrons. The predicted molar refractivity (Wildman–Crippen MR) is 326 cm³/mol. The Bertz CT molecular complexity index is 5800. The van der Waals surface area contributed by atoms with Crippen LogP contribution < -0.4 is 0 Å². The Balaban J connectivity index is 0.928. The van der Waals surface area contributed by atoms with E-state index in [0.717, 1.165) is 88.8 Å². The van der Waals surface area contributed by atoms with Crippen LogP contribution in [0.25, 0.3) is 175 Å². The van der Waals surface area contributed by atoms with Gasteiger partial charge < -0.3 is 9.13 Å². The molecule has 0 fully saturated rings. The lowest BCUT2D eigenvalue weighted by Gasteiger charge is -2.12. The molecule has 7 heterocycles. The first-order chi connectivity index (χ1) is 38.7. The Morgan fingerprint density at radius 3 is 1.33 bits per heavy atom. The average molecular weight is 989 g/mol. The maximum Gasteiger partial charge on any atom is 0.165 e. The van der Waals surface area contributed by atoms with Gasteiger partial charge in [0.25, 0.3) is 0 Å². The summed E-state index contributed by atoms with van der Waals surface area (Å²) in [5, 5.41) is 16.8. The summed E-state index contributed by atoms with van der Waals surface area (Å²) in [5.74, 6) is 0. The van der Waals surface area contributed by atoms with Gasteiger partial charge in [0.05, 0.1) is 44.1 Å². The van der Waals surface area contributed by atoms with Gasteiger partial charge in [0.1, 0.15) is 11.0 Å². The first-order valence-corrected chi connectivity index (χ1v) is 26.8. The van der Waals surface area contributed by atoms with Crippen molar-refractivity contribution in [2.75, 3.05) is 0 Å². The van der Waals surface area contributed by atoms with Gasteiger partial charge in [-0.05, 0) is 105 Å². The number of benzene rings is 12. The van der Waals surface area contributed by atoms with Crippen molar-refractivity contribution in [3.8, 4) is 33.6 Å². The summed E-state index contributed by atoms with van der Waals surface area (Å²) in [7, 11) is 0. The summed E-state index contributed by atoms with van der Waals surface area (Å²) in [6.07, 6.45) is 0. The summed E-state index contributed by atoms with van der Waals surface area (Å²) < 4.78 is 9.69. The molecular formula is C72H40N6. The van der Waals surface area contributed by atoms with Crippen molar-refractivity contribution in [3.63, 3.8) is 0 Å². The Morgan fingerprint density at radius 1 is 0.256 bits per heavy atom. The third kappa shape index (κ3) is 5.07. The van der Waals surface area contributed by atoms with Gasteiger partial charge in [-0.2, -0.15) is 0 Å². The zero-order valence-electron chi connectivity index (χ0n) is 41.8. The maximum absolute atomic E-state index is 5.93. The van der Waals surface area contributed by atoms with Crippen LogP contribution in [-0.2, 0) is 0 Å². The lowest BCUT2D eigenvalue weighted by Crippen LogP contribution is -1.94. The summed E-state index contributed by atoms with van der Waals surface area (Å²) in [5.41, 5.74) is 19.8. The third-order valence-electron chi connectivity index (χ3n) is 17.3. The summed E-state index contributed by atoms with van der Waals surface area (Å²) in [4.78, 5) is 11.9. The van der Waals surface area contributed by atoms with E-state index >= 15 is 0 Å². The van der Waals surface area contributed by atoms with Crippen molar-refractivity contribution in [3.05, 3.63) is 243 Å². The van der Waals surface area contributed by atoms with E-state index in [4.69, 9.17) is 9.97 Å². The van der Waals surface area contributed by atoms with Crippen LogP contribution in [0.1, 0.15) is 0 Å². The molecule has 6 nitrogen and oxygen atoms in total. The summed E-state index contributed by atoms with van der Waals surface area (Å²) in [6, 6.07) is 89.2. The molecule has 7 aromatic heterocycles. The fourth-order valence-electron chi connectivity index (χ4n) is 14.2. The van der Waals surface area contributed by atoms with Crippen molar-refractivity contribution in [2.45, 2.75) is 0 Å². The number of nitrogens with zero attached hydrogens (tertiary/aromatic N) is 6. The maximum atomic E-state index is 5.93. The molecule has 78 heavy (non-hydrogen) atoms. The van der Waals surface area contributed by atoms with Crippen LogP contribution in [0.15, 0.2) is 243 Å². The van der Waals surface area contributed by atoms with Crippen LogP contribution >= 0.6 is 0 Å². The molecule has 0 aliphatic rings. The van der Waals surface area contributed by atoms with E-state index in [-0.39, 0.29) is 0 Å². The highest BCUT2D eigenvalue weighted by Crippen LogP contribution is 2.50. The standard InChI is InChI=1S/C72H40N6/c1-3-19-45(20-4-1)75-59-31-13-11-25-50(59)56-38-43(33-35-61(56)75)49-27-15-28-52-53-29-16-30-54-65-71(77(67(49)52)68(53)54)74-66-58-40-42-18-8-10-24-48(42)64-63-47-23-9-7-17-41(47)37-55(69(63)78(70(58)64)72(66)73-65)44-34-36-62-57(39-44)51-26-12-14-32-60(51)76(62)46-21-5-2-6-22-46/h1-40H. The second-order valence-electron chi connectivity index (χ2n) is 21.2. The molecule has 0 saturated carbocycles. The number of fused-ring (bicyclic) bond motifs is 22. The molecule has 0 spiro atoms. The fraction of sp³-hybridized carbons (Fsp3) is 0. The highest BCUT2D eigenvalue weighted by molar-refractivity contribution is 6.37. The summed E-state index contributed by atoms with van der Waals surface area (Å²) in [6.45, 7) is 0. The molecule has 0 atom stereocenters. The zero-order chi connectivity index (χ0) is 50.5. The predicted octanol–water partition coefficient (Wildman–Crippen LogP) is 18.6. The minimum absolute atomic E-state index is 0.866. The lowest BCUT2D eigenvalue weighted by atomic mass is 9.93. The van der Waals surface area contributed by atoms with E-state index < -0.39 is 0 Å². The molecule has 0 N–H and O–H groups in total. The highest BCUT2D eigenvalue weighted by Gasteiger charge is 2.29. The second kappa shape index (κ2) is 14.6. The van der Waals surface area contributed by atoms with E-state index in [1.165, 1.54) is 86.7 Å². The van der Waals surface area contributed by atoms with Gasteiger partial charge in [0.15, 0.2) is 11.3 Å². The molecule has 6 heteroatoms. The largest absolute Gasteiger partial charge is 0.309 e. The normalized spacial score (nSPS) is 12.6. The van der Waals surface area contributed by atoms with Gasteiger partial charge in [-0.25, -0.2) is 9.97 Å². The minimum atomic E-state index is 0.866. The Morgan fingerprint density at radius 2 is 0.705 bits per heavy atom. The molecule has 0 unspecified atom stereocenters. The van der Waals surface area contributed by atoms with Crippen molar-refractivity contribution in [2.24, 2.45) is 0 Å². The van der Waals surface area contributed by atoms with E-state index in [9.17, 15) is 0 Å². The number of rotatable bonds is 4. The van der Waals surface area contributed by atoms with Crippen LogP contribution in [0, 0.1) is 0 Å². The van der Waals surface area contributed by atoms with Crippen molar-refractivity contribution >= 4 is 142 Å². The van der Waals surface area contributed by atoms with Crippen LogP contribution in [0.5, 0.6) is 0 Å². The highest BCUT2D eigenvalue weighted by atomic mass is 15.1. The number of para-hydroxylation sites is 6. The van der Waals surface area contributed by atoms with Gasteiger partial charge >= 0.3 is 0 Å². The van der Waals surface area contributed by atoms with Crippen molar-refractivity contribution in [1.82, 2.24) is 27.9 Å². The van der Waals surface area contributed by atoms with E-state index in [1.54, 1.807) is 0 Å². The van der Waals surface area contributed by atoms with Crippen LogP contribution in [-0.4, -0.2) is 27.9 Å². The molecule has 19 rings (SSSR count). The molecule has 12 aromatic carbocycles. The fourth-order valence-corrected chi connectivity index (χ4v) is 14.2. The first kappa shape index (κ1) is 40.8. The van der Waals surface area contributed by atoms with Gasteiger partial charge in [-0.15, -0.1) is 0 Å². The molecule has 0 saturated heterocycles. The molecule has 19 aromatic rings. The molecule has 0 aliphatic carbocycles. The van der Waals surface area contributed by atoms with Crippen LogP contribution in [0.4, 0.5) is 0 Å². The van der Waals surface area contributed by atoms with Gasteiger partial charge in [0, 0.05) is 76.4 Å². The smallest absolute Gasteiger partial charge is 0.165 e. The monoisotopic (exact) mass is 988 g/mol. The third-order valence-corrected chi connectivity index (χ3v) is 17.3. The summed E-state index contributed by atoms with van der Waals surface area (Å²) >= 11 is 0. The minimum Gasteiger partial charge on any atom is -0.309 e. The number of aromatic nitrogens is 6. The lowest BCUT2D eigenvalue weighted by molar-refractivity contribution is 1.18. The van der Waals surface area contributed by atoms with Crippen molar-refractivity contribution in [1.29, 1.82) is 0 Å². The van der Waals surface area contributed by atoms with E-state index in [1.807, 2.05) is 0 Å². The van der Waals surface area contributed by atoms with Gasteiger partial charge in [-0.1, -0.05) is 170 Å². The van der Waals surface area contributed by atoms with Crippen LogP contribution in [0.3, 0.4) is 0 Å². The second-order valence-corrected chi connectivity index (χ2v) is 21.2. The molecule has 0 aliphatic heterocycles. The number of hydrogen-bond donors (Lipinski definition) is 0. The van der Waals surface area contributed by atoms with Gasteiger partial charge in [0.2, 0.25) is 0 Å². The Labute approximate surface area is 443 Å². The first-order valence-electron chi connectivity index (χ1n) is 26.8. The quantitative estimate of drug-likeness (QED) is 0.176. The SMILES string of the molecule is c1ccc(-n2c3ccccc3c3cc(-c4cccc5c6cccc7c8nc9c(nc8n(c45)c67)c4cc5ccccc5c5c6c7ccccc7cc(-c7ccc8c(c7)c7ccccc7n8-c7ccccc7)c6n9c45)ccc32)cc1. The molecule has 0 amide bonds. The Hall–Kier alpha value is -10.6. The van der Waals surface area contributed by atoms with Crippen molar-refractivity contribution < 1.29 is 0 Å². The van der Waals surface area contributed by atoms with E-state index in [0.29, 0.717) is 0 Å². The average Bonchev–Trinajstić information content (AvgIpc) is 4.33. The Kier molecular flexibility index (Phi) is 7.65. The topological polar surface area (TPSA) is 44.5 Å². The molecule has 0 bridgehead atoms. The van der Waals surface area contributed by atoms with Gasteiger partial charge in [-0.3, -0.25) is 8.80 Å². The van der Waals surface area contributed by atoms with Crippen LogP contribution in [0.2, 0.25) is 0 Å². The zero-order valence-corrected chi connectivity index (χ0v) is 41.8. The number of hydrogen-bond acceptors (Lipinski definition) is 2. The molecular weight excluding hydrogens is 949 g/mol. The van der Waals surface area contributed by atoms with E-state index in [2.05, 4.69) is 261 Å². The molecule has 358 valence electrons.